The van der Waals surface area contributed by atoms with E-state index in [1.807, 2.05) is 65.3 Å². The van der Waals surface area contributed by atoms with Crippen molar-refractivity contribution in [3.05, 3.63) is 90.5 Å². The number of aromatic hydroxyl groups is 1. The van der Waals surface area contributed by atoms with Crippen LogP contribution in [0.5, 0.6) is 5.75 Å². The van der Waals surface area contributed by atoms with Crippen LogP contribution in [0, 0.1) is 0 Å². The number of phenols is 1. The van der Waals surface area contributed by atoms with Crippen LogP contribution in [0.4, 0.5) is 0 Å². The van der Waals surface area contributed by atoms with Crippen LogP contribution in [-0.4, -0.2) is 19.9 Å². The molecule has 25 heavy (non-hydrogen) atoms. The predicted octanol–water partition coefficient (Wildman–Crippen LogP) is 4.37. The molecule has 0 atom stereocenters. The van der Waals surface area contributed by atoms with Crippen molar-refractivity contribution in [2.45, 2.75) is 6.54 Å². The predicted molar refractivity (Wildman–Crippen MR) is 98.1 cm³/mol. The molecule has 1 aromatic heterocycles. The molecule has 122 valence electrons. The summed E-state index contributed by atoms with van der Waals surface area (Å²) in [5.74, 6) is 1.71. The van der Waals surface area contributed by atoms with Crippen molar-refractivity contribution < 1.29 is 5.11 Å². The summed E-state index contributed by atoms with van der Waals surface area (Å²) in [7, 11) is 0. The van der Waals surface area contributed by atoms with Crippen molar-refractivity contribution in [3.8, 4) is 28.5 Å². The molecule has 0 amide bonds. The third-order valence-electron chi connectivity index (χ3n) is 4.00. The summed E-state index contributed by atoms with van der Waals surface area (Å²) in [6, 6.07) is 27.2. The van der Waals surface area contributed by atoms with Crippen LogP contribution in [0.1, 0.15) is 5.56 Å². The molecule has 0 saturated heterocycles. The van der Waals surface area contributed by atoms with Crippen LogP contribution in [0.3, 0.4) is 0 Å². The first kappa shape index (κ1) is 15.1. The summed E-state index contributed by atoms with van der Waals surface area (Å²) in [4.78, 5) is 4.75. The van der Waals surface area contributed by atoms with E-state index in [-0.39, 0.29) is 5.75 Å². The molecule has 0 aliphatic carbocycles. The lowest BCUT2D eigenvalue weighted by atomic mass is 10.2. The number of aromatic nitrogens is 3. The maximum Gasteiger partial charge on any atom is 0.181 e. The van der Waals surface area contributed by atoms with Gasteiger partial charge in [0, 0.05) is 11.1 Å². The molecule has 0 unspecified atom stereocenters. The Morgan fingerprint density at radius 1 is 0.720 bits per heavy atom. The normalized spacial score (nSPS) is 10.7. The number of hydrogen-bond acceptors (Lipinski definition) is 3. The Balaban J connectivity index is 1.80. The van der Waals surface area contributed by atoms with E-state index >= 15 is 0 Å². The highest BCUT2D eigenvalue weighted by molar-refractivity contribution is 5.62. The second-order valence-electron chi connectivity index (χ2n) is 5.82. The van der Waals surface area contributed by atoms with Crippen LogP contribution < -0.4 is 0 Å². The monoisotopic (exact) mass is 327 g/mol. The van der Waals surface area contributed by atoms with Gasteiger partial charge in [-0.2, -0.15) is 5.10 Å². The molecule has 0 aliphatic heterocycles. The van der Waals surface area contributed by atoms with Gasteiger partial charge in [0.1, 0.15) is 5.75 Å². The van der Waals surface area contributed by atoms with E-state index in [4.69, 9.17) is 10.1 Å². The molecule has 4 nitrogen and oxygen atoms in total. The van der Waals surface area contributed by atoms with Crippen molar-refractivity contribution in [1.82, 2.24) is 14.8 Å². The van der Waals surface area contributed by atoms with Gasteiger partial charge in [0.25, 0.3) is 0 Å². The minimum absolute atomic E-state index is 0.237. The van der Waals surface area contributed by atoms with Gasteiger partial charge >= 0.3 is 0 Å². The number of hydrogen-bond donors (Lipinski definition) is 1. The van der Waals surface area contributed by atoms with Crippen LogP contribution >= 0.6 is 0 Å². The first-order valence-corrected chi connectivity index (χ1v) is 8.13. The zero-order valence-corrected chi connectivity index (χ0v) is 13.6. The summed E-state index contributed by atoms with van der Waals surface area (Å²) in [5.41, 5.74) is 3.06. The average Bonchev–Trinajstić information content (AvgIpc) is 3.08. The van der Waals surface area contributed by atoms with Crippen LogP contribution in [0.15, 0.2) is 84.9 Å². The standard InChI is InChI=1S/C21H17N3O/c25-19-13-11-18(12-14-19)21-22-20(17-9-5-2-6-10-17)23-24(21)15-16-7-3-1-4-8-16/h1-14,25H,15H2. The van der Waals surface area contributed by atoms with E-state index in [1.165, 1.54) is 0 Å². The van der Waals surface area contributed by atoms with E-state index in [9.17, 15) is 5.11 Å². The zero-order chi connectivity index (χ0) is 17.1. The minimum Gasteiger partial charge on any atom is -0.508 e. The molecule has 0 aliphatic rings. The lowest BCUT2D eigenvalue weighted by molar-refractivity contribution is 0.475. The topological polar surface area (TPSA) is 50.9 Å². The molecule has 0 radical (unpaired) electrons. The summed E-state index contributed by atoms with van der Waals surface area (Å²) in [6.07, 6.45) is 0. The molecule has 4 rings (SSSR count). The highest BCUT2D eigenvalue weighted by Crippen LogP contribution is 2.24. The van der Waals surface area contributed by atoms with Crippen molar-refractivity contribution in [3.63, 3.8) is 0 Å². The Morgan fingerprint density at radius 2 is 1.36 bits per heavy atom. The van der Waals surface area contributed by atoms with E-state index < -0.39 is 0 Å². The van der Waals surface area contributed by atoms with Gasteiger partial charge < -0.3 is 5.11 Å². The van der Waals surface area contributed by atoms with Crippen LogP contribution in [0.25, 0.3) is 22.8 Å². The van der Waals surface area contributed by atoms with Gasteiger partial charge in [0.2, 0.25) is 0 Å². The smallest absolute Gasteiger partial charge is 0.181 e. The SMILES string of the molecule is Oc1ccc(-c2nc(-c3ccccc3)nn2Cc2ccccc2)cc1. The van der Waals surface area contributed by atoms with E-state index in [0.29, 0.717) is 12.4 Å². The summed E-state index contributed by atoms with van der Waals surface area (Å²) >= 11 is 0. The highest BCUT2D eigenvalue weighted by atomic mass is 16.3. The van der Waals surface area contributed by atoms with E-state index in [1.54, 1.807) is 12.1 Å². The molecular weight excluding hydrogens is 310 g/mol. The quantitative estimate of drug-likeness (QED) is 0.606. The maximum atomic E-state index is 9.55. The van der Waals surface area contributed by atoms with Crippen molar-refractivity contribution in [2.24, 2.45) is 0 Å². The summed E-state index contributed by atoms with van der Waals surface area (Å²) < 4.78 is 1.91. The van der Waals surface area contributed by atoms with E-state index in [2.05, 4.69) is 12.1 Å². The number of phenolic OH excluding ortho intramolecular Hbond substituents is 1. The fourth-order valence-corrected chi connectivity index (χ4v) is 2.74. The second kappa shape index (κ2) is 6.61. The Kier molecular flexibility index (Phi) is 4.01. The molecule has 0 bridgehead atoms. The van der Waals surface area contributed by atoms with Gasteiger partial charge in [-0.15, -0.1) is 0 Å². The number of benzene rings is 3. The Hall–Kier alpha value is -3.40. The molecule has 4 heteroatoms. The fraction of sp³-hybridized carbons (Fsp3) is 0.0476. The number of nitrogens with zero attached hydrogens (tertiary/aromatic N) is 3. The molecular formula is C21H17N3O. The van der Waals surface area contributed by atoms with Crippen molar-refractivity contribution in [2.75, 3.05) is 0 Å². The molecule has 0 saturated carbocycles. The lowest BCUT2D eigenvalue weighted by Crippen LogP contribution is -2.04. The molecule has 1 heterocycles. The molecule has 0 fully saturated rings. The van der Waals surface area contributed by atoms with Crippen molar-refractivity contribution >= 4 is 0 Å². The molecule has 0 spiro atoms. The first-order chi connectivity index (χ1) is 12.3. The fourth-order valence-electron chi connectivity index (χ4n) is 2.74. The average molecular weight is 327 g/mol. The van der Waals surface area contributed by atoms with Gasteiger partial charge in [-0.25, -0.2) is 9.67 Å². The largest absolute Gasteiger partial charge is 0.508 e. The van der Waals surface area contributed by atoms with Crippen molar-refractivity contribution in [1.29, 1.82) is 0 Å². The third-order valence-corrected chi connectivity index (χ3v) is 4.00. The van der Waals surface area contributed by atoms with Crippen LogP contribution in [0.2, 0.25) is 0 Å². The maximum absolute atomic E-state index is 9.55. The molecule has 1 N–H and O–H groups in total. The Labute approximate surface area is 146 Å². The van der Waals surface area contributed by atoms with Gasteiger partial charge in [-0.05, 0) is 29.8 Å². The van der Waals surface area contributed by atoms with Gasteiger partial charge in [0.15, 0.2) is 11.6 Å². The van der Waals surface area contributed by atoms with Gasteiger partial charge in [-0.3, -0.25) is 0 Å². The summed E-state index contributed by atoms with van der Waals surface area (Å²) in [6.45, 7) is 0.636. The number of rotatable bonds is 4. The summed E-state index contributed by atoms with van der Waals surface area (Å²) in [5, 5.41) is 14.3. The minimum atomic E-state index is 0.237. The molecule has 4 aromatic rings. The first-order valence-electron chi connectivity index (χ1n) is 8.13. The molecule has 3 aromatic carbocycles. The van der Waals surface area contributed by atoms with Crippen LogP contribution in [-0.2, 0) is 6.54 Å². The van der Waals surface area contributed by atoms with Gasteiger partial charge in [-0.1, -0.05) is 60.7 Å². The highest BCUT2D eigenvalue weighted by Gasteiger charge is 2.13. The van der Waals surface area contributed by atoms with Gasteiger partial charge in [0.05, 0.1) is 6.54 Å². The Bertz CT molecular complexity index is 961. The third kappa shape index (κ3) is 3.28. The van der Waals surface area contributed by atoms with E-state index in [0.717, 1.165) is 22.5 Å². The Morgan fingerprint density at radius 3 is 2.04 bits per heavy atom. The lowest BCUT2D eigenvalue weighted by Gasteiger charge is -2.06. The zero-order valence-electron chi connectivity index (χ0n) is 13.6. The second-order valence-corrected chi connectivity index (χ2v) is 5.82.